The second kappa shape index (κ2) is 3.26. The fourth-order valence-corrected chi connectivity index (χ4v) is 1.31. The summed E-state index contributed by atoms with van der Waals surface area (Å²) >= 11 is 5.94. The van der Waals surface area contributed by atoms with Crippen LogP contribution in [0.3, 0.4) is 0 Å². The predicted octanol–water partition coefficient (Wildman–Crippen LogP) is 1.74. The Hall–Kier alpha value is -1.23. The number of hydrogen-bond donors (Lipinski definition) is 2. The Kier molecular flexibility index (Phi) is 2.10. The summed E-state index contributed by atoms with van der Waals surface area (Å²) in [6, 6.07) is 7.35. The van der Waals surface area contributed by atoms with E-state index < -0.39 is 0 Å². The number of hydrogen-bond acceptors (Lipinski definition) is 4. The van der Waals surface area contributed by atoms with Crippen LogP contribution in [-0.2, 0) is 0 Å². The first-order valence-electron chi connectivity index (χ1n) is 3.74. The van der Waals surface area contributed by atoms with Crippen molar-refractivity contribution >= 4 is 17.3 Å². The number of nitrogens with one attached hydrogen (secondary N) is 1. The van der Waals surface area contributed by atoms with E-state index in [0.717, 1.165) is 10.9 Å². The highest BCUT2D eigenvalue weighted by molar-refractivity contribution is 6.33. The number of anilines is 1. The fourth-order valence-electron chi connectivity index (χ4n) is 1.09. The molecule has 2 N–H and O–H groups in total. The van der Waals surface area contributed by atoms with Crippen LogP contribution in [0.25, 0.3) is 0 Å². The number of rotatable bonds is 1. The van der Waals surface area contributed by atoms with Crippen LogP contribution in [0, 0.1) is 0 Å². The Balaban J connectivity index is 2.27. The van der Waals surface area contributed by atoms with Gasteiger partial charge in [0.25, 0.3) is 0 Å². The van der Waals surface area contributed by atoms with E-state index in [2.05, 4.69) is 5.53 Å². The van der Waals surface area contributed by atoms with Crippen molar-refractivity contribution in [3.8, 4) is 0 Å². The van der Waals surface area contributed by atoms with Gasteiger partial charge in [-0.15, -0.1) is 5.53 Å². The summed E-state index contributed by atoms with van der Waals surface area (Å²) in [5, 5.41) is 12.1. The van der Waals surface area contributed by atoms with Gasteiger partial charge < -0.3 is 0 Å². The predicted molar refractivity (Wildman–Crippen MR) is 49.8 cm³/mol. The zero-order valence-electron chi connectivity index (χ0n) is 6.68. The van der Waals surface area contributed by atoms with Gasteiger partial charge in [-0.3, -0.25) is 10.2 Å². The van der Waals surface area contributed by atoms with Gasteiger partial charge in [-0.2, -0.15) is 5.17 Å². The quantitative estimate of drug-likeness (QED) is 0.720. The third-order valence-corrected chi connectivity index (χ3v) is 2.00. The van der Waals surface area contributed by atoms with Crippen molar-refractivity contribution in [2.75, 3.05) is 5.01 Å². The van der Waals surface area contributed by atoms with Crippen LogP contribution in [-0.4, -0.2) is 10.4 Å². The topological polar surface area (TPSA) is 38.7 Å². The molecule has 0 unspecified atom stereocenters. The molecule has 0 spiro atoms. The van der Waals surface area contributed by atoms with Crippen LogP contribution < -0.4 is 10.5 Å². The third kappa shape index (κ3) is 1.60. The first-order chi connectivity index (χ1) is 6.27. The largest absolute Gasteiger partial charge is 0.272 e. The standard InChI is InChI=1S/C8H8ClN3O/c9-7-3-1-2-4-8(7)11-5-6-12(13)10-11/h1-6,10,13H. The third-order valence-electron chi connectivity index (χ3n) is 1.68. The van der Waals surface area contributed by atoms with Gasteiger partial charge in [-0.25, -0.2) is 0 Å². The Bertz CT molecular complexity index is 342. The summed E-state index contributed by atoms with van der Waals surface area (Å²) in [6.07, 6.45) is 3.14. The SMILES string of the molecule is ON1C=CN(c2ccccc2Cl)N1. The van der Waals surface area contributed by atoms with Crippen LogP contribution in [0.15, 0.2) is 36.7 Å². The molecule has 0 fully saturated rings. The van der Waals surface area contributed by atoms with E-state index in [1.807, 2.05) is 18.2 Å². The molecule has 1 heterocycles. The summed E-state index contributed by atoms with van der Waals surface area (Å²) in [7, 11) is 0. The van der Waals surface area contributed by atoms with Crippen molar-refractivity contribution < 1.29 is 5.21 Å². The van der Waals surface area contributed by atoms with Gasteiger partial charge in [-0.05, 0) is 12.1 Å². The number of benzene rings is 1. The van der Waals surface area contributed by atoms with E-state index in [-0.39, 0.29) is 0 Å². The molecule has 0 saturated heterocycles. The van der Waals surface area contributed by atoms with Gasteiger partial charge in [0.15, 0.2) is 0 Å². The lowest BCUT2D eigenvalue weighted by molar-refractivity contribution is -0.0791. The van der Waals surface area contributed by atoms with Crippen LogP contribution in [0.2, 0.25) is 5.02 Å². The minimum Gasteiger partial charge on any atom is -0.272 e. The number of para-hydroxylation sites is 1. The van der Waals surface area contributed by atoms with Crippen molar-refractivity contribution in [3.05, 3.63) is 41.7 Å². The molecule has 1 aliphatic heterocycles. The first-order valence-corrected chi connectivity index (χ1v) is 4.11. The highest BCUT2D eigenvalue weighted by atomic mass is 35.5. The summed E-state index contributed by atoms with van der Waals surface area (Å²) in [5.41, 5.74) is 3.43. The molecule has 1 aromatic rings. The van der Waals surface area contributed by atoms with E-state index in [4.69, 9.17) is 16.8 Å². The molecule has 0 radical (unpaired) electrons. The molecular formula is C8H8ClN3O. The molecule has 0 amide bonds. The Morgan fingerprint density at radius 1 is 1.23 bits per heavy atom. The van der Waals surface area contributed by atoms with Crippen LogP contribution in [0.1, 0.15) is 0 Å². The highest BCUT2D eigenvalue weighted by Gasteiger charge is 2.12. The van der Waals surface area contributed by atoms with Crippen molar-refractivity contribution in [2.24, 2.45) is 0 Å². The van der Waals surface area contributed by atoms with E-state index in [1.54, 1.807) is 17.3 Å². The van der Waals surface area contributed by atoms with Gasteiger partial charge in [0.2, 0.25) is 0 Å². The van der Waals surface area contributed by atoms with Crippen molar-refractivity contribution in [1.29, 1.82) is 0 Å². The van der Waals surface area contributed by atoms with E-state index in [9.17, 15) is 0 Å². The molecule has 0 atom stereocenters. The molecule has 0 saturated carbocycles. The average Bonchev–Trinajstić information content (AvgIpc) is 2.53. The molecule has 13 heavy (non-hydrogen) atoms. The monoisotopic (exact) mass is 197 g/mol. The van der Waals surface area contributed by atoms with Crippen LogP contribution in [0.4, 0.5) is 5.69 Å². The second-order valence-corrected chi connectivity index (χ2v) is 2.97. The minimum atomic E-state index is 0.620. The highest BCUT2D eigenvalue weighted by Crippen LogP contribution is 2.25. The summed E-state index contributed by atoms with van der Waals surface area (Å²) in [4.78, 5) is 0. The maximum Gasteiger partial charge on any atom is 0.0776 e. The molecular weight excluding hydrogens is 190 g/mol. The van der Waals surface area contributed by atoms with E-state index in [1.165, 1.54) is 6.20 Å². The van der Waals surface area contributed by atoms with Gasteiger partial charge in [0.05, 0.1) is 16.9 Å². The summed E-state index contributed by atoms with van der Waals surface area (Å²) in [5.74, 6) is 0. The van der Waals surface area contributed by atoms with Crippen molar-refractivity contribution in [1.82, 2.24) is 10.7 Å². The van der Waals surface area contributed by atoms with Crippen molar-refractivity contribution in [2.45, 2.75) is 0 Å². The zero-order chi connectivity index (χ0) is 9.26. The van der Waals surface area contributed by atoms with E-state index >= 15 is 0 Å². The number of hydrazine groups is 2. The number of hydroxylamine groups is 1. The molecule has 1 aliphatic rings. The molecule has 68 valence electrons. The minimum absolute atomic E-state index is 0.620. The molecule has 2 rings (SSSR count). The van der Waals surface area contributed by atoms with Crippen LogP contribution >= 0.6 is 11.6 Å². The summed E-state index contributed by atoms with van der Waals surface area (Å²) < 4.78 is 0. The Morgan fingerprint density at radius 3 is 2.62 bits per heavy atom. The first kappa shape index (κ1) is 8.37. The van der Waals surface area contributed by atoms with Gasteiger partial charge in [0, 0.05) is 6.20 Å². The maximum atomic E-state index is 9.00. The molecule has 1 aromatic carbocycles. The lowest BCUT2D eigenvalue weighted by Gasteiger charge is -2.18. The normalized spacial score (nSPS) is 15.5. The Morgan fingerprint density at radius 2 is 2.00 bits per heavy atom. The number of nitrogens with zero attached hydrogens (tertiary/aromatic N) is 2. The van der Waals surface area contributed by atoms with Gasteiger partial charge >= 0.3 is 0 Å². The second-order valence-electron chi connectivity index (χ2n) is 2.56. The van der Waals surface area contributed by atoms with E-state index in [0.29, 0.717) is 5.02 Å². The lowest BCUT2D eigenvalue weighted by atomic mass is 10.3. The average molecular weight is 198 g/mol. The molecule has 5 heteroatoms. The van der Waals surface area contributed by atoms with Crippen LogP contribution in [0.5, 0.6) is 0 Å². The lowest BCUT2D eigenvalue weighted by Crippen LogP contribution is -2.37. The van der Waals surface area contributed by atoms with Gasteiger partial charge in [0.1, 0.15) is 0 Å². The molecule has 0 aromatic heterocycles. The Labute approximate surface area is 80.5 Å². The van der Waals surface area contributed by atoms with Gasteiger partial charge in [-0.1, -0.05) is 23.7 Å². The molecule has 0 aliphatic carbocycles. The zero-order valence-corrected chi connectivity index (χ0v) is 7.44. The maximum absolute atomic E-state index is 9.00. The number of halogens is 1. The summed E-state index contributed by atoms with van der Waals surface area (Å²) in [6.45, 7) is 0. The van der Waals surface area contributed by atoms with Crippen molar-refractivity contribution in [3.63, 3.8) is 0 Å². The fraction of sp³-hybridized carbons (Fsp3) is 0. The molecule has 0 bridgehead atoms. The molecule has 4 nitrogen and oxygen atoms in total. The smallest absolute Gasteiger partial charge is 0.0776 e.